The molecule has 6 rings (SSSR count). The molecule has 2 saturated heterocycles. The topological polar surface area (TPSA) is 74.1 Å². The number of piperazine rings is 2. The number of hydrogen-bond acceptors (Lipinski definition) is 7. The second kappa shape index (κ2) is 11.5. The van der Waals surface area contributed by atoms with Crippen molar-refractivity contribution in [1.29, 1.82) is 0 Å². The molecule has 0 N–H and O–H groups in total. The van der Waals surface area contributed by atoms with Gasteiger partial charge in [-0.05, 0) is 45.2 Å². The highest BCUT2D eigenvalue weighted by molar-refractivity contribution is 6.35. The minimum atomic E-state index is -0.783. The van der Waals surface area contributed by atoms with Crippen LogP contribution in [-0.4, -0.2) is 102 Å². The maximum atomic E-state index is 15.2. The Morgan fingerprint density at radius 1 is 1.14 bits per heavy atom. The molecule has 4 heterocycles. The standard InChI is InChI=1S/C31H35ClF2N6O3/c1-5-26(41)38-14-19(3)39(15-18(38)2)30-23-13-24(32)27(22-7-6-20(33)12-25(22)34)29-28(23)40(31(42)35-30)21(17-43-29)16-37-10-8-36(4)9-11-37/h5-7,12-13,18-19,21H,1,8-11,14-17H2,2-4H3/t18-,19+,21?/m1/s1. The Labute approximate surface area is 253 Å². The third-order valence-corrected chi connectivity index (χ3v) is 9.16. The van der Waals surface area contributed by atoms with E-state index in [4.69, 9.17) is 16.3 Å². The summed E-state index contributed by atoms with van der Waals surface area (Å²) in [4.78, 5) is 39.4. The van der Waals surface area contributed by atoms with Crippen LogP contribution < -0.4 is 15.3 Å². The zero-order valence-electron chi connectivity index (χ0n) is 24.5. The number of carbonyl (C=O) groups is 1. The molecule has 43 heavy (non-hydrogen) atoms. The molecule has 12 heteroatoms. The summed E-state index contributed by atoms with van der Waals surface area (Å²) >= 11 is 6.86. The van der Waals surface area contributed by atoms with Crippen LogP contribution in [0.4, 0.5) is 14.6 Å². The number of ether oxygens (including phenoxy) is 1. The first kappa shape index (κ1) is 29.5. The van der Waals surface area contributed by atoms with Crippen LogP contribution in [0.25, 0.3) is 22.0 Å². The molecule has 0 saturated carbocycles. The Bertz CT molecular complexity index is 1660. The average Bonchev–Trinajstić information content (AvgIpc) is 2.97. The summed E-state index contributed by atoms with van der Waals surface area (Å²) in [6.45, 7) is 12.7. The van der Waals surface area contributed by atoms with E-state index < -0.39 is 17.3 Å². The second-order valence-corrected chi connectivity index (χ2v) is 12.2. The Hall–Kier alpha value is -3.54. The van der Waals surface area contributed by atoms with Gasteiger partial charge in [-0.15, -0.1) is 0 Å². The molecule has 0 spiro atoms. The fourth-order valence-electron chi connectivity index (χ4n) is 6.53. The summed E-state index contributed by atoms with van der Waals surface area (Å²) in [5.41, 5.74) is 0.381. The van der Waals surface area contributed by atoms with Crippen LogP contribution in [0, 0.1) is 11.6 Å². The van der Waals surface area contributed by atoms with Crippen molar-refractivity contribution in [1.82, 2.24) is 24.3 Å². The summed E-state index contributed by atoms with van der Waals surface area (Å²) in [6, 6.07) is 4.32. The SMILES string of the molecule is C=CC(=O)N1C[C@H](C)N(c2nc(=O)n3c4c(c(-c5ccc(F)cc5F)c(Cl)cc24)OCC3CN2CCN(C)CC2)C[C@H]1C. The molecule has 2 fully saturated rings. The number of amides is 1. The van der Waals surface area contributed by atoms with Crippen molar-refractivity contribution < 1.29 is 18.3 Å². The molecule has 3 aromatic rings. The zero-order chi connectivity index (χ0) is 30.6. The van der Waals surface area contributed by atoms with E-state index in [1.54, 1.807) is 15.5 Å². The molecular formula is C31H35ClF2N6O3. The first-order valence-corrected chi connectivity index (χ1v) is 14.9. The number of benzene rings is 2. The first-order valence-electron chi connectivity index (χ1n) is 14.5. The van der Waals surface area contributed by atoms with Crippen LogP contribution in [0.5, 0.6) is 5.75 Å². The summed E-state index contributed by atoms with van der Waals surface area (Å²) in [5.74, 6) is -0.947. The minimum Gasteiger partial charge on any atom is -0.488 e. The predicted octanol–water partition coefficient (Wildman–Crippen LogP) is 3.79. The second-order valence-electron chi connectivity index (χ2n) is 11.8. The lowest BCUT2D eigenvalue weighted by molar-refractivity contribution is -0.128. The van der Waals surface area contributed by atoms with Gasteiger partial charge in [0.25, 0.3) is 0 Å². The van der Waals surface area contributed by atoms with Gasteiger partial charge in [-0.3, -0.25) is 14.3 Å². The Balaban J connectivity index is 1.53. The molecule has 9 nitrogen and oxygen atoms in total. The van der Waals surface area contributed by atoms with E-state index in [1.807, 2.05) is 18.7 Å². The fourth-order valence-corrected chi connectivity index (χ4v) is 6.83. The van der Waals surface area contributed by atoms with E-state index in [9.17, 15) is 14.0 Å². The molecule has 1 unspecified atom stereocenters. The molecule has 1 aromatic heterocycles. The molecule has 3 aliphatic heterocycles. The molecule has 3 atom stereocenters. The smallest absolute Gasteiger partial charge is 0.350 e. The van der Waals surface area contributed by atoms with Crippen molar-refractivity contribution in [3.8, 4) is 16.9 Å². The Morgan fingerprint density at radius 3 is 2.58 bits per heavy atom. The minimum absolute atomic E-state index is 0.0803. The van der Waals surface area contributed by atoms with E-state index in [0.717, 1.165) is 32.2 Å². The highest BCUT2D eigenvalue weighted by Crippen LogP contribution is 2.47. The highest BCUT2D eigenvalue weighted by Gasteiger charge is 2.37. The molecular weight excluding hydrogens is 578 g/mol. The number of rotatable bonds is 5. The van der Waals surface area contributed by atoms with Crippen LogP contribution >= 0.6 is 11.6 Å². The van der Waals surface area contributed by atoms with E-state index in [1.165, 1.54) is 18.2 Å². The normalized spacial score (nSPS) is 23.0. The van der Waals surface area contributed by atoms with Crippen LogP contribution in [0.2, 0.25) is 5.02 Å². The molecule has 0 bridgehead atoms. The van der Waals surface area contributed by atoms with Crippen molar-refractivity contribution in [2.45, 2.75) is 32.0 Å². The Kier molecular flexibility index (Phi) is 7.91. The molecule has 228 valence electrons. The number of aromatic nitrogens is 2. The van der Waals surface area contributed by atoms with Gasteiger partial charge in [-0.1, -0.05) is 18.2 Å². The van der Waals surface area contributed by atoms with Crippen molar-refractivity contribution in [3.63, 3.8) is 0 Å². The van der Waals surface area contributed by atoms with Crippen LogP contribution in [0.1, 0.15) is 19.9 Å². The first-order chi connectivity index (χ1) is 20.6. The molecule has 3 aliphatic rings. The van der Waals surface area contributed by atoms with Gasteiger partial charge in [0, 0.05) is 80.5 Å². The van der Waals surface area contributed by atoms with E-state index in [0.29, 0.717) is 36.4 Å². The lowest BCUT2D eigenvalue weighted by atomic mass is 9.99. The maximum absolute atomic E-state index is 15.2. The van der Waals surface area contributed by atoms with Crippen molar-refractivity contribution >= 4 is 34.2 Å². The molecule has 2 aromatic carbocycles. The quantitative estimate of drug-likeness (QED) is 0.406. The van der Waals surface area contributed by atoms with Gasteiger partial charge in [0.2, 0.25) is 5.91 Å². The highest BCUT2D eigenvalue weighted by atomic mass is 35.5. The summed E-state index contributed by atoms with van der Waals surface area (Å²) in [5, 5.41) is 0.788. The summed E-state index contributed by atoms with van der Waals surface area (Å²) < 4.78 is 37.0. The zero-order valence-corrected chi connectivity index (χ0v) is 25.3. The lowest BCUT2D eigenvalue weighted by Gasteiger charge is -2.45. The average molecular weight is 613 g/mol. The number of hydrogen-bond donors (Lipinski definition) is 0. The van der Waals surface area contributed by atoms with Gasteiger partial charge >= 0.3 is 5.69 Å². The van der Waals surface area contributed by atoms with Gasteiger partial charge in [-0.2, -0.15) is 4.98 Å². The van der Waals surface area contributed by atoms with Gasteiger partial charge < -0.3 is 19.4 Å². The number of nitrogens with zero attached hydrogens (tertiary/aromatic N) is 6. The summed E-state index contributed by atoms with van der Waals surface area (Å²) in [6.07, 6.45) is 1.31. The van der Waals surface area contributed by atoms with Crippen molar-refractivity contribution in [2.24, 2.45) is 0 Å². The van der Waals surface area contributed by atoms with E-state index in [2.05, 4.69) is 28.4 Å². The van der Waals surface area contributed by atoms with Gasteiger partial charge in [0.05, 0.1) is 16.6 Å². The number of carbonyl (C=O) groups excluding carboxylic acids is 1. The van der Waals surface area contributed by atoms with Crippen LogP contribution in [0.15, 0.2) is 41.7 Å². The summed E-state index contributed by atoms with van der Waals surface area (Å²) in [7, 11) is 2.09. The van der Waals surface area contributed by atoms with Crippen LogP contribution in [0.3, 0.4) is 0 Å². The largest absolute Gasteiger partial charge is 0.488 e. The third kappa shape index (κ3) is 5.27. The molecule has 1 amide bonds. The van der Waals surface area contributed by atoms with Crippen molar-refractivity contribution in [2.75, 3.05) is 64.4 Å². The lowest BCUT2D eigenvalue weighted by Crippen LogP contribution is -2.58. The maximum Gasteiger partial charge on any atom is 0.350 e. The predicted molar refractivity (Wildman–Crippen MR) is 163 cm³/mol. The van der Waals surface area contributed by atoms with E-state index in [-0.39, 0.29) is 52.5 Å². The monoisotopic (exact) mass is 612 g/mol. The fraction of sp³-hybridized carbons (Fsp3) is 0.452. The molecule has 0 radical (unpaired) electrons. The third-order valence-electron chi connectivity index (χ3n) is 8.86. The molecule has 0 aliphatic carbocycles. The van der Waals surface area contributed by atoms with E-state index >= 15 is 4.39 Å². The van der Waals surface area contributed by atoms with Gasteiger partial charge in [0.1, 0.15) is 24.1 Å². The number of likely N-dealkylation sites (N-methyl/N-ethyl adjacent to an activating group) is 1. The van der Waals surface area contributed by atoms with Crippen molar-refractivity contribution in [3.05, 3.63) is 64.1 Å². The van der Waals surface area contributed by atoms with Gasteiger partial charge in [0.15, 0.2) is 5.75 Å². The number of halogens is 3. The van der Waals surface area contributed by atoms with Gasteiger partial charge in [-0.25, -0.2) is 13.6 Å². The Morgan fingerprint density at radius 2 is 1.88 bits per heavy atom. The number of anilines is 1. The van der Waals surface area contributed by atoms with Crippen LogP contribution in [-0.2, 0) is 4.79 Å².